The normalized spacial score (nSPS) is 11.1. The Morgan fingerprint density at radius 1 is 1.05 bits per heavy atom. The highest BCUT2D eigenvalue weighted by Gasteiger charge is 2.03. The highest BCUT2D eigenvalue weighted by molar-refractivity contribution is 8.00. The minimum atomic E-state index is -0.206. The van der Waals surface area contributed by atoms with Gasteiger partial charge in [0.1, 0.15) is 12.1 Å². The van der Waals surface area contributed by atoms with Crippen molar-refractivity contribution in [1.29, 1.82) is 0 Å². The first kappa shape index (κ1) is 14.5. The third-order valence-electron chi connectivity index (χ3n) is 3.12. The molecule has 0 unspecified atom stereocenters. The standard InChI is InChI=1S/C17H14FN3S/c18-16-5-3-14(4-6-16)2-1-11-22-21-13-20-12-17(21)15-7-9-19-10-8-15/h1,3-13H,2H2. The maximum atomic E-state index is 12.8. The lowest BCUT2D eigenvalue weighted by Crippen LogP contribution is -1.87. The molecule has 3 nitrogen and oxygen atoms in total. The SMILES string of the molecule is Fc1ccc(CC=CSn2cncc2-c2ccncc2)cc1. The predicted octanol–water partition coefficient (Wildman–Crippen LogP) is 4.34. The number of allylic oxidation sites excluding steroid dienone is 1. The van der Waals surface area contributed by atoms with Gasteiger partial charge in [0.05, 0.1) is 11.9 Å². The van der Waals surface area contributed by atoms with E-state index in [9.17, 15) is 4.39 Å². The third-order valence-corrected chi connectivity index (χ3v) is 3.95. The lowest BCUT2D eigenvalue weighted by Gasteiger charge is -2.03. The number of nitrogens with zero attached hydrogens (tertiary/aromatic N) is 3. The highest BCUT2D eigenvalue weighted by atomic mass is 32.2. The van der Waals surface area contributed by atoms with E-state index >= 15 is 0 Å². The molecule has 3 rings (SSSR count). The van der Waals surface area contributed by atoms with Gasteiger partial charge in [0.15, 0.2) is 0 Å². The summed E-state index contributed by atoms with van der Waals surface area (Å²) < 4.78 is 14.8. The Morgan fingerprint density at radius 2 is 1.82 bits per heavy atom. The van der Waals surface area contributed by atoms with Gasteiger partial charge in [-0.15, -0.1) is 0 Å². The summed E-state index contributed by atoms with van der Waals surface area (Å²) in [6.07, 6.45) is 9.96. The van der Waals surface area contributed by atoms with Crippen LogP contribution >= 0.6 is 11.9 Å². The van der Waals surface area contributed by atoms with Crippen LogP contribution < -0.4 is 0 Å². The van der Waals surface area contributed by atoms with Gasteiger partial charge in [0.25, 0.3) is 0 Å². The highest BCUT2D eigenvalue weighted by Crippen LogP contribution is 2.22. The molecule has 1 aromatic carbocycles. The quantitative estimate of drug-likeness (QED) is 0.702. The fourth-order valence-corrected chi connectivity index (χ4v) is 2.69. The average Bonchev–Trinajstić information content (AvgIpc) is 3.02. The molecular weight excluding hydrogens is 297 g/mol. The van der Waals surface area contributed by atoms with Crippen molar-refractivity contribution in [2.24, 2.45) is 0 Å². The second-order valence-corrected chi connectivity index (χ2v) is 5.52. The van der Waals surface area contributed by atoms with E-state index in [1.807, 2.05) is 33.8 Å². The molecule has 0 fully saturated rings. The summed E-state index contributed by atoms with van der Waals surface area (Å²) >= 11 is 1.55. The van der Waals surface area contributed by atoms with Crippen LogP contribution in [0.25, 0.3) is 11.3 Å². The van der Waals surface area contributed by atoms with Gasteiger partial charge >= 0.3 is 0 Å². The summed E-state index contributed by atoms with van der Waals surface area (Å²) in [7, 11) is 0. The number of pyridine rings is 1. The largest absolute Gasteiger partial charge is 0.268 e. The van der Waals surface area contributed by atoms with Crippen LogP contribution in [0, 0.1) is 5.82 Å². The summed E-state index contributed by atoms with van der Waals surface area (Å²) in [5.41, 5.74) is 3.18. The zero-order valence-electron chi connectivity index (χ0n) is 11.8. The Morgan fingerprint density at radius 3 is 2.59 bits per heavy atom. The van der Waals surface area contributed by atoms with Gasteiger partial charge in [-0.05, 0) is 53.6 Å². The molecule has 0 N–H and O–H groups in total. The van der Waals surface area contributed by atoms with Crippen LogP contribution in [0.1, 0.15) is 5.56 Å². The molecule has 22 heavy (non-hydrogen) atoms. The molecule has 5 heteroatoms. The molecule has 3 aromatic rings. The van der Waals surface area contributed by atoms with E-state index < -0.39 is 0 Å². The molecular formula is C17H14FN3S. The Labute approximate surface area is 132 Å². The van der Waals surface area contributed by atoms with E-state index in [1.165, 1.54) is 12.1 Å². The topological polar surface area (TPSA) is 30.7 Å². The molecule has 0 aliphatic carbocycles. The lowest BCUT2D eigenvalue weighted by atomic mass is 10.1. The monoisotopic (exact) mass is 311 g/mol. The molecule has 0 atom stereocenters. The van der Waals surface area contributed by atoms with E-state index in [0.717, 1.165) is 23.2 Å². The summed E-state index contributed by atoms with van der Waals surface area (Å²) in [4.78, 5) is 8.21. The predicted molar refractivity (Wildman–Crippen MR) is 87.7 cm³/mol. The van der Waals surface area contributed by atoms with Gasteiger partial charge < -0.3 is 0 Å². The van der Waals surface area contributed by atoms with E-state index in [-0.39, 0.29) is 5.82 Å². The molecule has 0 aliphatic rings. The Kier molecular flexibility index (Phi) is 4.65. The third kappa shape index (κ3) is 3.62. The average molecular weight is 311 g/mol. The maximum absolute atomic E-state index is 12.8. The van der Waals surface area contributed by atoms with Gasteiger partial charge in [0, 0.05) is 18.0 Å². The summed E-state index contributed by atoms with van der Waals surface area (Å²) in [5, 5.41) is 2.01. The van der Waals surface area contributed by atoms with E-state index in [0.29, 0.717) is 0 Å². The van der Waals surface area contributed by atoms with Crippen LogP contribution in [0.4, 0.5) is 4.39 Å². The molecule has 0 bridgehead atoms. The molecule has 110 valence electrons. The molecule has 0 radical (unpaired) electrons. The fraction of sp³-hybridized carbons (Fsp3) is 0.0588. The van der Waals surface area contributed by atoms with Crippen LogP contribution in [0.15, 0.2) is 72.8 Å². The Balaban J connectivity index is 1.64. The summed E-state index contributed by atoms with van der Waals surface area (Å²) in [6, 6.07) is 10.5. The number of hydrogen-bond donors (Lipinski definition) is 0. The van der Waals surface area contributed by atoms with Crippen molar-refractivity contribution >= 4 is 11.9 Å². The first-order chi connectivity index (χ1) is 10.8. The number of imidazole rings is 1. The molecule has 0 amide bonds. The molecule has 0 saturated heterocycles. The van der Waals surface area contributed by atoms with Crippen LogP contribution in [-0.4, -0.2) is 13.9 Å². The van der Waals surface area contributed by atoms with E-state index in [1.54, 1.807) is 42.8 Å². The minimum Gasteiger partial charge on any atom is -0.268 e. The van der Waals surface area contributed by atoms with Crippen LogP contribution in [0.5, 0.6) is 0 Å². The number of aromatic nitrogens is 3. The zero-order chi connectivity index (χ0) is 15.2. The van der Waals surface area contributed by atoms with E-state index in [4.69, 9.17) is 0 Å². The number of benzene rings is 1. The van der Waals surface area contributed by atoms with Gasteiger partial charge in [-0.25, -0.2) is 9.37 Å². The first-order valence-electron chi connectivity index (χ1n) is 6.82. The van der Waals surface area contributed by atoms with Gasteiger partial charge in [-0.3, -0.25) is 8.96 Å². The van der Waals surface area contributed by atoms with E-state index in [2.05, 4.69) is 9.97 Å². The van der Waals surface area contributed by atoms with Gasteiger partial charge in [-0.2, -0.15) is 0 Å². The van der Waals surface area contributed by atoms with Crippen LogP contribution in [0.2, 0.25) is 0 Å². The Bertz CT molecular complexity index is 751. The molecule has 2 aromatic heterocycles. The van der Waals surface area contributed by atoms with Crippen molar-refractivity contribution in [3.05, 3.63) is 84.2 Å². The smallest absolute Gasteiger partial charge is 0.123 e. The minimum absolute atomic E-state index is 0.206. The summed E-state index contributed by atoms with van der Waals surface area (Å²) in [5.74, 6) is -0.206. The van der Waals surface area contributed by atoms with Crippen LogP contribution in [0.3, 0.4) is 0 Å². The van der Waals surface area contributed by atoms with Crippen molar-refractivity contribution in [3.8, 4) is 11.3 Å². The van der Waals surface area contributed by atoms with Gasteiger partial charge in [-0.1, -0.05) is 18.2 Å². The van der Waals surface area contributed by atoms with Crippen molar-refractivity contribution in [2.45, 2.75) is 6.42 Å². The second-order valence-electron chi connectivity index (χ2n) is 4.65. The molecule has 0 spiro atoms. The number of hydrogen-bond acceptors (Lipinski definition) is 3. The fourth-order valence-electron chi connectivity index (χ4n) is 2.01. The Hall–Kier alpha value is -2.40. The lowest BCUT2D eigenvalue weighted by molar-refractivity contribution is 0.627. The number of halogens is 1. The summed E-state index contributed by atoms with van der Waals surface area (Å²) in [6.45, 7) is 0. The van der Waals surface area contributed by atoms with Crippen molar-refractivity contribution < 1.29 is 4.39 Å². The molecule has 2 heterocycles. The number of rotatable bonds is 5. The maximum Gasteiger partial charge on any atom is 0.123 e. The van der Waals surface area contributed by atoms with Crippen molar-refractivity contribution in [1.82, 2.24) is 13.9 Å². The van der Waals surface area contributed by atoms with Crippen LogP contribution in [-0.2, 0) is 6.42 Å². The van der Waals surface area contributed by atoms with Crippen molar-refractivity contribution in [3.63, 3.8) is 0 Å². The first-order valence-corrected chi connectivity index (χ1v) is 7.66. The molecule has 0 saturated carbocycles. The zero-order valence-corrected chi connectivity index (χ0v) is 12.6. The molecule has 0 aliphatic heterocycles. The van der Waals surface area contributed by atoms with Gasteiger partial charge in [0.2, 0.25) is 0 Å². The second kappa shape index (κ2) is 7.04. The van der Waals surface area contributed by atoms with Crippen molar-refractivity contribution in [2.75, 3.05) is 0 Å².